The fourth-order valence-electron chi connectivity index (χ4n) is 2.10. The Morgan fingerprint density at radius 2 is 1.82 bits per heavy atom. The Balaban J connectivity index is 1.90. The smallest absolute Gasteiger partial charge is 0.337 e. The highest BCUT2D eigenvalue weighted by Gasteiger charge is 2.11. The summed E-state index contributed by atoms with van der Waals surface area (Å²) < 4.78 is 10.7. The second-order valence-corrected chi connectivity index (χ2v) is 4.75. The van der Waals surface area contributed by atoms with Crippen LogP contribution in [-0.4, -0.2) is 31.3 Å². The molecule has 0 radical (unpaired) electrons. The Morgan fingerprint density at radius 1 is 1.14 bits per heavy atom. The third kappa shape index (κ3) is 3.91. The molecule has 2 aromatic rings. The van der Waals surface area contributed by atoms with Crippen molar-refractivity contribution in [2.45, 2.75) is 6.92 Å². The molecule has 2 rings (SSSR count). The predicted molar refractivity (Wildman–Crippen MR) is 85.1 cm³/mol. The number of carboxylic acids is 1. The normalized spacial score (nSPS) is 10.1. The molecule has 0 aliphatic heterocycles. The third-order valence-electron chi connectivity index (χ3n) is 3.24. The summed E-state index contributed by atoms with van der Waals surface area (Å²) in [6.07, 6.45) is 0. The van der Waals surface area contributed by atoms with E-state index in [0.29, 0.717) is 18.8 Å². The molecule has 0 bridgehead atoms. The molecule has 5 nitrogen and oxygen atoms in total. The Kier molecular flexibility index (Phi) is 5.25. The van der Waals surface area contributed by atoms with Gasteiger partial charge >= 0.3 is 5.97 Å². The molecule has 0 fully saturated rings. The number of aromatic carboxylic acids is 1. The van der Waals surface area contributed by atoms with Crippen LogP contribution in [0.4, 0.5) is 5.69 Å². The molecule has 5 heteroatoms. The number of nitrogens with one attached hydrogen (secondary N) is 1. The Bertz CT molecular complexity index is 638. The topological polar surface area (TPSA) is 67.8 Å². The lowest BCUT2D eigenvalue weighted by Gasteiger charge is -2.13. The van der Waals surface area contributed by atoms with E-state index in [1.165, 1.54) is 0 Å². The second-order valence-electron chi connectivity index (χ2n) is 4.75. The van der Waals surface area contributed by atoms with E-state index >= 15 is 0 Å². The van der Waals surface area contributed by atoms with Crippen molar-refractivity contribution in [1.82, 2.24) is 0 Å². The molecule has 0 saturated carbocycles. The van der Waals surface area contributed by atoms with Crippen LogP contribution in [0, 0.1) is 6.92 Å². The summed E-state index contributed by atoms with van der Waals surface area (Å²) in [4.78, 5) is 11.2. The average molecular weight is 301 g/mol. The number of hydrogen-bond acceptors (Lipinski definition) is 4. The molecule has 0 saturated heterocycles. The van der Waals surface area contributed by atoms with Gasteiger partial charge in [-0.15, -0.1) is 0 Å². The van der Waals surface area contributed by atoms with E-state index in [1.807, 2.05) is 37.3 Å². The molecule has 0 unspecified atom stereocenters. The number of carbonyl (C=O) groups is 1. The zero-order valence-corrected chi connectivity index (χ0v) is 12.6. The van der Waals surface area contributed by atoms with Gasteiger partial charge in [-0.1, -0.05) is 12.1 Å². The summed E-state index contributed by atoms with van der Waals surface area (Å²) in [5.41, 5.74) is 1.79. The van der Waals surface area contributed by atoms with Crippen LogP contribution in [0.1, 0.15) is 15.9 Å². The van der Waals surface area contributed by atoms with E-state index in [1.54, 1.807) is 19.2 Å². The lowest BCUT2D eigenvalue weighted by Crippen LogP contribution is -2.14. The van der Waals surface area contributed by atoms with Gasteiger partial charge in [-0.2, -0.15) is 0 Å². The van der Waals surface area contributed by atoms with Crippen LogP contribution in [0.15, 0.2) is 42.5 Å². The monoisotopic (exact) mass is 301 g/mol. The summed E-state index contributed by atoms with van der Waals surface area (Å²) in [5.74, 6) is 0.574. The van der Waals surface area contributed by atoms with Gasteiger partial charge in [0.2, 0.25) is 0 Å². The molecule has 0 aromatic heterocycles. The number of methoxy groups -OCH3 is 1. The van der Waals surface area contributed by atoms with Crippen molar-refractivity contribution in [1.29, 1.82) is 0 Å². The SMILES string of the molecule is COc1ccc(OCCNc2c(C)cccc2C(=O)O)cc1. The molecule has 2 N–H and O–H groups in total. The van der Waals surface area contributed by atoms with Gasteiger partial charge in [0.05, 0.1) is 18.4 Å². The predicted octanol–water partition coefficient (Wildman–Crippen LogP) is 3.19. The summed E-state index contributed by atoms with van der Waals surface area (Å²) in [6, 6.07) is 12.5. The number of para-hydroxylation sites is 1. The number of anilines is 1. The Morgan fingerprint density at radius 3 is 2.45 bits per heavy atom. The molecule has 22 heavy (non-hydrogen) atoms. The first-order chi connectivity index (χ1) is 10.6. The molecular formula is C17H19NO4. The fraction of sp³-hybridized carbons (Fsp3) is 0.235. The Hall–Kier alpha value is -2.69. The zero-order chi connectivity index (χ0) is 15.9. The molecule has 0 aliphatic carbocycles. The minimum absolute atomic E-state index is 0.268. The number of ether oxygens (including phenoxy) is 2. The highest BCUT2D eigenvalue weighted by atomic mass is 16.5. The highest BCUT2D eigenvalue weighted by Crippen LogP contribution is 2.20. The zero-order valence-electron chi connectivity index (χ0n) is 12.6. The van der Waals surface area contributed by atoms with E-state index < -0.39 is 5.97 Å². The number of aryl methyl sites for hydroxylation is 1. The molecule has 0 spiro atoms. The van der Waals surface area contributed by atoms with Gasteiger partial charge in [-0.25, -0.2) is 4.79 Å². The van der Waals surface area contributed by atoms with Gasteiger partial charge in [0.15, 0.2) is 0 Å². The molecule has 0 aliphatic rings. The van der Waals surface area contributed by atoms with Crippen LogP contribution in [0.2, 0.25) is 0 Å². The van der Waals surface area contributed by atoms with Crippen LogP contribution in [0.25, 0.3) is 0 Å². The molecule has 116 valence electrons. The van der Waals surface area contributed by atoms with Crippen molar-refractivity contribution in [2.75, 3.05) is 25.6 Å². The van der Waals surface area contributed by atoms with Gasteiger partial charge < -0.3 is 19.9 Å². The molecular weight excluding hydrogens is 282 g/mol. The highest BCUT2D eigenvalue weighted by molar-refractivity contribution is 5.95. The minimum atomic E-state index is -0.942. The van der Waals surface area contributed by atoms with E-state index in [9.17, 15) is 9.90 Å². The van der Waals surface area contributed by atoms with E-state index in [0.717, 1.165) is 17.1 Å². The average Bonchev–Trinajstić information content (AvgIpc) is 2.53. The van der Waals surface area contributed by atoms with Gasteiger partial charge in [0.25, 0.3) is 0 Å². The number of rotatable bonds is 7. The van der Waals surface area contributed by atoms with E-state index in [2.05, 4.69) is 5.32 Å². The van der Waals surface area contributed by atoms with Crippen LogP contribution in [0.5, 0.6) is 11.5 Å². The van der Waals surface area contributed by atoms with Gasteiger partial charge in [0, 0.05) is 6.54 Å². The van der Waals surface area contributed by atoms with Crippen molar-refractivity contribution in [2.24, 2.45) is 0 Å². The van der Waals surface area contributed by atoms with Crippen LogP contribution >= 0.6 is 0 Å². The van der Waals surface area contributed by atoms with Crippen molar-refractivity contribution in [3.63, 3.8) is 0 Å². The van der Waals surface area contributed by atoms with E-state index in [4.69, 9.17) is 9.47 Å². The largest absolute Gasteiger partial charge is 0.497 e. The fourth-order valence-corrected chi connectivity index (χ4v) is 2.10. The molecule has 0 heterocycles. The quantitative estimate of drug-likeness (QED) is 0.769. The van der Waals surface area contributed by atoms with Gasteiger partial charge in [-0.3, -0.25) is 0 Å². The summed E-state index contributed by atoms with van der Waals surface area (Å²) in [7, 11) is 1.61. The van der Waals surface area contributed by atoms with Crippen LogP contribution < -0.4 is 14.8 Å². The third-order valence-corrected chi connectivity index (χ3v) is 3.24. The standard InChI is InChI=1S/C17H19NO4/c1-12-4-3-5-15(17(19)20)16(12)18-10-11-22-14-8-6-13(21-2)7-9-14/h3-9,18H,10-11H2,1-2H3,(H,19,20). The number of benzene rings is 2. The number of carboxylic acid groups (broad SMARTS) is 1. The molecule has 0 atom stereocenters. The maximum absolute atomic E-state index is 11.2. The summed E-state index contributed by atoms with van der Waals surface area (Å²) in [5, 5.41) is 12.3. The lowest BCUT2D eigenvalue weighted by atomic mass is 10.1. The first kappa shape index (κ1) is 15.7. The maximum Gasteiger partial charge on any atom is 0.337 e. The first-order valence-electron chi connectivity index (χ1n) is 6.95. The van der Waals surface area contributed by atoms with Crippen molar-refractivity contribution >= 4 is 11.7 Å². The van der Waals surface area contributed by atoms with Crippen LogP contribution in [-0.2, 0) is 0 Å². The Labute approximate surface area is 129 Å². The van der Waals surface area contributed by atoms with Crippen molar-refractivity contribution in [3.05, 3.63) is 53.6 Å². The minimum Gasteiger partial charge on any atom is -0.497 e. The maximum atomic E-state index is 11.2. The van der Waals surface area contributed by atoms with Crippen molar-refractivity contribution < 1.29 is 19.4 Å². The van der Waals surface area contributed by atoms with Gasteiger partial charge in [0.1, 0.15) is 18.1 Å². The van der Waals surface area contributed by atoms with Crippen LogP contribution in [0.3, 0.4) is 0 Å². The van der Waals surface area contributed by atoms with E-state index in [-0.39, 0.29) is 5.56 Å². The second kappa shape index (κ2) is 7.36. The molecule has 2 aromatic carbocycles. The number of hydrogen-bond donors (Lipinski definition) is 2. The van der Waals surface area contributed by atoms with Crippen molar-refractivity contribution in [3.8, 4) is 11.5 Å². The summed E-state index contributed by atoms with van der Waals surface area (Å²) >= 11 is 0. The summed E-state index contributed by atoms with van der Waals surface area (Å²) in [6.45, 7) is 2.82. The first-order valence-corrected chi connectivity index (χ1v) is 6.95. The molecule has 0 amide bonds. The van der Waals surface area contributed by atoms with Gasteiger partial charge in [-0.05, 0) is 42.8 Å². The lowest BCUT2D eigenvalue weighted by molar-refractivity contribution is 0.0698.